The molecule has 0 bridgehead atoms. The van der Waals surface area contributed by atoms with Crippen molar-refractivity contribution in [3.63, 3.8) is 0 Å². The third-order valence-electron chi connectivity index (χ3n) is 4.89. The lowest BCUT2D eigenvalue weighted by molar-refractivity contribution is 0.0296. The summed E-state index contributed by atoms with van der Waals surface area (Å²) in [5.74, 6) is -3.00. The lowest BCUT2D eigenvalue weighted by Crippen LogP contribution is -2.44. The van der Waals surface area contributed by atoms with Crippen molar-refractivity contribution in [2.75, 3.05) is 50.8 Å². The maximum Gasteiger partial charge on any atom is 0.341 e. The zero-order chi connectivity index (χ0) is 17.9. The molecule has 0 saturated carbocycles. The zero-order valence-corrected chi connectivity index (χ0v) is 14.9. The highest BCUT2D eigenvalue weighted by molar-refractivity contribution is 7.91. The maximum absolute atomic E-state index is 13.0. The quantitative estimate of drug-likeness (QED) is 0.791. The van der Waals surface area contributed by atoms with Gasteiger partial charge in [0.2, 0.25) is 9.84 Å². The van der Waals surface area contributed by atoms with Gasteiger partial charge in [-0.15, -0.1) is 0 Å². The SMILES string of the molecule is O=S(=O)(c1ccccc1N1CCCC(CN2CCOCC2)C1)C(F)F. The molecule has 5 nitrogen and oxygen atoms in total. The van der Waals surface area contributed by atoms with E-state index in [-0.39, 0.29) is 4.90 Å². The van der Waals surface area contributed by atoms with Crippen LogP contribution in [0.1, 0.15) is 12.8 Å². The number of benzene rings is 1. The summed E-state index contributed by atoms with van der Waals surface area (Å²) in [6, 6.07) is 6.11. The van der Waals surface area contributed by atoms with Gasteiger partial charge in [-0.2, -0.15) is 8.78 Å². The van der Waals surface area contributed by atoms with E-state index in [9.17, 15) is 17.2 Å². The molecule has 2 aliphatic rings. The van der Waals surface area contributed by atoms with Gasteiger partial charge in [0.1, 0.15) is 0 Å². The first-order valence-corrected chi connectivity index (χ1v) is 10.2. The van der Waals surface area contributed by atoms with E-state index < -0.39 is 15.6 Å². The van der Waals surface area contributed by atoms with Crippen molar-refractivity contribution in [2.45, 2.75) is 23.5 Å². The van der Waals surface area contributed by atoms with E-state index in [1.807, 2.05) is 4.90 Å². The Balaban J connectivity index is 1.75. The molecule has 3 rings (SSSR count). The van der Waals surface area contributed by atoms with E-state index >= 15 is 0 Å². The molecule has 1 atom stereocenters. The molecule has 1 aromatic rings. The molecule has 140 valence electrons. The van der Waals surface area contributed by atoms with E-state index in [0.29, 0.717) is 24.7 Å². The van der Waals surface area contributed by atoms with Crippen molar-refractivity contribution in [3.8, 4) is 0 Å². The molecule has 8 heteroatoms. The summed E-state index contributed by atoms with van der Waals surface area (Å²) >= 11 is 0. The van der Waals surface area contributed by atoms with Crippen LogP contribution in [-0.4, -0.2) is 65.0 Å². The molecule has 0 amide bonds. The van der Waals surface area contributed by atoms with Gasteiger partial charge < -0.3 is 9.64 Å². The van der Waals surface area contributed by atoms with Crippen molar-refractivity contribution in [1.29, 1.82) is 0 Å². The summed E-state index contributed by atoms with van der Waals surface area (Å²) in [5, 5.41) is 0. The summed E-state index contributed by atoms with van der Waals surface area (Å²) in [4.78, 5) is 4.04. The third kappa shape index (κ3) is 4.30. The van der Waals surface area contributed by atoms with E-state index in [0.717, 1.165) is 45.7 Å². The molecule has 25 heavy (non-hydrogen) atoms. The van der Waals surface area contributed by atoms with Crippen molar-refractivity contribution < 1.29 is 21.9 Å². The number of rotatable bonds is 5. The Labute approximate surface area is 147 Å². The fourth-order valence-electron chi connectivity index (χ4n) is 3.64. The van der Waals surface area contributed by atoms with Crippen molar-refractivity contribution in [1.82, 2.24) is 4.90 Å². The molecule has 2 heterocycles. The Morgan fingerprint density at radius 2 is 1.88 bits per heavy atom. The number of sulfone groups is 1. The maximum atomic E-state index is 13.0. The molecule has 2 saturated heterocycles. The van der Waals surface area contributed by atoms with E-state index in [4.69, 9.17) is 4.74 Å². The van der Waals surface area contributed by atoms with Gasteiger partial charge in [0.15, 0.2) is 0 Å². The zero-order valence-electron chi connectivity index (χ0n) is 14.1. The van der Waals surface area contributed by atoms with E-state index in [1.165, 1.54) is 12.1 Å². The standard InChI is InChI=1S/C17H24F2N2O3S/c18-17(19)25(22,23)16-6-2-1-5-15(16)21-7-3-4-14(13-21)12-20-8-10-24-11-9-20/h1-2,5-6,14,17H,3-4,7-13H2. The second kappa shape index (κ2) is 7.97. The van der Waals surface area contributed by atoms with Crippen LogP contribution in [0.3, 0.4) is 0 Å². The van der Waals surface area contributed by atoms with E-state index in [2.05, 4.69) is 4.90 Å². The number of anilines is 1. The summed E-state index contributed by atoms with van der Waals surface area (Å²) in [6.45, 7) is 5.61. The number of hydrogen-bond donors (Lipinski definition) is 0. The fraction of sp³-hybridized carbons (Fsp3) is 0.647. The molecule has 2 aliphatic heterocycles. The van der Waals surface area contributed by atoms with Crippen molar-refractivity contribution in [3.05, 3.63) is 24.3 Å². The summed E-state index contributed by atoms with van der Waals surface area (Å²) < 4.78 is 55.4. The van der Waals surface area contributed by atoms with Crippen LogP contribution in [0, 0.1) is 5.92 Å². The lowest BCUT2D eigenvalue weighted by atomic mass is 9.96. The molecular weight excluding hydrogens is 350 g/mol. The number of halogens is 2. The molecule has 2 fully saturated rings. The minimum absolute atomic E-state index is 0.267. The average molecular weight is 374 g/mol. The highest BCUT2D eigenvalue weighted by atomic mass is 32.2. The van der Waals surface area contributed by atoms with Crippen LogP contribution in [0.4, 0.5) is 14.5 Å². The number of para-hydroxylation sites is 1. The minimum Gasteiger partial charge on any atom is -0.379 e. The molecule has 1 unspecified atom stereocenters. The van der Waals surface area contributed by atoms with Crippen LogP contribution in [0.5, 0.6) is 0 Å². The number of piperidine rings is 1. The first kappa shape index (κ1) is 18.5. The third-order valence-corrected chi connectivity index (χ3v) is 6.31. The normalized spacial score (nSPS) is 23.2. The average Bonchev–Trinajstić information content (AvgIpc) is 2.63. The van der Waals surface area contributed by atoms with Crippen LogP contribution in [0.25, 0.3) is 0 Å². The van der Waals surface area contributed by atoms with Crippen LogP contribution in [0.15, 0.2) is 29.2 Å². The first-order valence-electron chi connectivity index (χ1n) is 8.64. The number of ether oxygens (including phenoxy) is 1. The first-order chi connectivity index (χ1) is 12.0. The Kier molecular flexibility index (Phi) is 5.91. The lowest BCUT2D eigenvalue weighted by Gasteiger charge is -2.38. The van der Waals surface area contributed by atoms with Crippen LogP contribution in [-0.2, 0) is 14.6 Å². The second-order valence-corrected chi connectivity index (χ2v) is 8.53. The summed E-state index contributed by atoms with van der Waals surface area (Å²) in [5.41, 5.74) is 0.398. The van der Waals surface area contributed by atoms with Gasteiger partial charge in [0, 0.05) is 32.7 Å². The highest BCUT2D eigenvalue weighted by Crippen LogP contribution is 2.32. The Bertz CT molecular complexity index is 678. The number of nitrogens with zero attached hydrogens (tertiary/aromatic N) is 2. The van der Waals surface area contributed by atoms with Gasteiger partial charge >= 0.3 is 5.76 Å². The topological polar surface area (TPSA) is 49.9 Å². The molecule has 0 radical (unpaired) electrons. The summed E-state index contributed by atoms with van der Waals surface area (Å²) in [6.07, 6.45) is 2.00. The van der Waals surface area contributed by atoms with Crippen LogP contribution >= 0.6 is 0 Å². The fourth-order valence-corrected chi connectivity index (χ4v) is 4.59. The van der Waals surface area contributed by atoms with Gasteiger partial charge in [-0.25, -0.2) is 8.42 Å². The van der Waals surface area contributed by atoms with Crippen molar-refractivity contribution >= 4 is 15.5 Å². The monoisotopic (exact) mass is 374 g/mol. The Morgan fingerprint density at radius 1 is 1.16 bits per heavy atom. The van der Waals surface area contributed by atoms with Gasteiger partial charge in [0.25, 0.3) is 0 Å². The van der Waals surface area contributed by atoms with Gasteiger partial charge in [-0.05, 0) is 30.9 Å². The molecular formula is C17H24F2N2O3S. The van der Waals surface area contributed by atoms with E-state index in [1.54, 1.807) is 12.1 Å². The Morgan fingerprint density at radius 3 is 2.60 bits per heavy atom. The summed E-state index contributed by atoms with van der Waals surface area (Å²) in [7, 11) is -4.60. The Hall–Kier alpha value is -1.25. The molecule has 0 spiro atoms. The van der Waals surface area contributed by atoms with Gasteiger partial charge in [-0.3, -0.25) is 4.90 Å². The van der Waals surface area contributed by atoms with Crippen molar-refractivity contribution in [2.24, 2.45) is 5.92 Å². The molecule has 1 aromatic carbocycles. The highest BCUT2D eigenvalue weighted by Gasteiger charge is 2.32. The number of hydrogen-bond acceptors (Lipinski definition) is 5. The smallest absolute Gasteiger partial charge is 0.341 e. The molecule has 0 aliphatic carbocycles. The van der Waals surface area contributed by atoms with Gasteiger partial charge in [0.05, 0.1) is 23.8 Å². The largest absolute Gasteiger partial charge is 0.379 e. The predicted molar refractivity (Wildman–Crippen MR) is 91.8 cm³/mol. The second-order valence-electron chi connectivity index (χ2n) is 6.64. The minimum atomic E-state index is -4.60. The predicted octanol–water partition coefficient (Wildman–Crippen LogP) is 2.23. The van der Waals surface area contributed by atoms with Gasteiger partial charge in [-0.1, -0.05) is 12.1 Å². The number of alkyl halides is 2. The number of morpholine rings is 1. The van der Waals surface area contributed by atoms with Crippen LogP contribution < -0.4 is 4.90 Å². The molecule has 0 N–H and O–H groups in total. The molecule has 0 aromatic heterocycles. The van der Waals surface area contributed by atoms with Crippen LogP contribution in [0.2, 0.25) is 0 Å².